The minimum atomic E-state index is -0.454. The van der Waals surface area contributed by atoms with E-state index in [9.17, 15) is 9.59 Å². The van der Waals surface area contributed by atoms with Gasteiger partial charge in [0.2, 0.25) is 0 Å². The molecule has 1 aromatic carbocycles. The number of hydrogen-bond acceptors (Lipinski definition) is 4. The minimum Gasteiger partial charge on any atom is -0.465 e. The molecule has 0 bridgehead atoms. The van der Waals surface area contributed by atoms with E-state index in [1.54, 1.807) is 31.3 Å². The number of carbonyl (C=O) groups is 2. The van der Waals surface area contributed by atoms with Crippen molar-refractivity contribution in [1.29, 1.82) is 0 Å². The molecule has 0 radical (unpaired) electrons. The van der Waals surface area contributed by atoms with Gasteiger partial charge < -0.3 is 14.4 Å². The number of methoxy groups -OCH3 is 1. The van der Waals surface area contributed by atoms with Gasteiger partial charge in [-0.3, -0.25) is 4.79 Å². The first-order valence-corrected chi connectivity index (χ1v) is 6.71. The van der Waals surface area contributed by atoms with E-state index in [1.807, 2.05) is 0 Å². The van der Waals surface area contributed by atoms with E-state index < -0.39 is 12.1 Å². The summed E-state index contributed by atoms with van der Waals surface area (Å²) in [5, 5.41) is 0. The molecule has 20 heavy (non-hydrogen) atoms. The molecule has 0 aliphatic carbocycles. The number of nitrogens with zero attached hydrogens (tertiary/aromatic N) is 1. The maximum atomic E-state index is 12.4. The fourth-order valence-corrected chi connectivity index (χ4v) is 2.32. The first-order chi connectivity index (χ1) is 9.65. The molecule has 1 aromatic rings. The molecule has 108 valence electrons. The van der Waals surface area contributed by atoms with Crippen LogP contribution in [0.2, 0.25) is 0 Å². The van der Waals surface area contributed by atoms with Gasteiger partial charge in [-0.1, -0.05) is 12.1 Å². The highest BCUT2D eigenvalue weighted by molar-refractivity contribution is 6.03. The summed E-state index contributed by atoms with van der Waals surface area (Å²) in [6, 6.07) is 6.90. The Balaban J connectivity index is 2.21. The second kappa shape index (κ2) is 6.52. The molecule has 0 aromatic heterocycles. The summed E-state index contributed by atoms with van der Waals surface area (Å²) in [5.41, 5.74) is 0.917. The SMILES string of the molecule is COC(=O)c1ccccc1N(C)C(=O)C1CCCCO1. The zero-order valence-electron chi connectivity index (χ0n) is 11.8. The topological polar surface area (TPSA) is 55.8 Å². The van der Waals surface area contributed by atoms with Gasteiger partial charge in [-0.05, 0) is 31.4 Å². The van der Waals surface area contributed by atoms with Crippen LogP contribution in [0.3, 0.4) is 0 Å². The predicted molar refractivity (Wildman–Crippen MR) is 74.8 cm³/mol. The number of amides is 1. The number of benzene rings is 1. The molecule has 0 spiro atoms. The molecule has 1 aliphatic rings. The van der Waals surface area contributed by atoms with Crippen LogP contribution in [-0.4, -0.2) is 38.7 Å². The van der Waals surface area contributed by atoms with Crippen molar-refractivity contribution in [2.75, 3.05) is 25.7 Å². The first-order valence-electron chi connectivity index (χ1n) is 6.71. The van der Waals surface area contributed by atoms with Gasteiger partial charge in [0.1, 0.15) is 6.10 Å². The van der Waals surface area contributed by atoms with E-state index in [0.717, 1.165) is 19.3 Å². The van der Waals surface area contributed by atoms with E-state index in [0.29, 0.717) is 17.9 Å². The molecule has 1 fully saturated rings. The molecule has 1 saturated heterocycles. The number of likely N-dealkylation sites (N-methyl/N-ethyl adjacent to an activating group) is 1. The lowest BCUT2D eigenvalue weighted by Crippen LogP contribution is -2.40. The number of esters is 1. The Morgan fingerprint density at radius 2 is 2.05 bits per heavy atom. The van der Waals surface area contributed by atoms with Crippen molar-refractivity contribution < 1.29 is 19.1 Å². The fourth-order valence-electron chi connectivity index (χ4n) is 2.32. The van der Waals surface area contributed by atoms with Crippen LogP contribution in [0.5, 0.6) is 0 Å². The third kappa shape index (κ3) is 2.99. The molecular weight excluding hydrogens is 258 g/mol. The van der Waals surface area contributed by atoms with Crippen molar-refractivity contribution in [2.24, 2.45) is 0 Å². The summed E-state index contributed by atoms with van der Waals surface area (Å²) in [6.45, 7) is 0.614. The Kier molecular flexibility index (Phi) is 4.74. The van der Waals surface area contributed by atoms with E-state index in [1.165, 1.54) is 12.0 Å². The van der Waals surface area contributed by atoms with Crippen molar-refractivity contribution in [3.05, 3.63) is 29.8 Å². The van der Waals surface area contributed by atoms with Crippen LogP contribution in [0.1, 0.15) is 29.6 Å². The van der Waals surface area contributed by atoms with Gasteiger partial charge in [-0.25, -0.2) is 4.79 Å². The summed E-state index contributed by atoms with van der Waals surface area (Å²) >= 11 is 0. The Labute approximate surface area is 118 Å². The largest absolute Gasteiger partial charge is 0.465 e. The summed E-state index contributed by atoms with van der Waals surface area (Å²) in [6.07, 6.45) is 2.29. The lowest BCUT2D eigenvalue weighted by Gasteiger charge is -2.27. The van der Waals surface area contributed by atoms with Gasteiger partial charge in [0.05, 0.1) is 18.4 Å². The number of carbonyl (C=O) groups excluding carboxylic acids is 2. The molecule has 5 nitrogen and oxygen atoms in total. The van der Waals surface area contributed by atoms with Crippen molar-refractivity contribution >= 4 is 17.6 Å². The summed E-state index contributed by atoms with van der Waals surface area (Å²) in [4.78, 5) is 25.6. The van der Waals surface area contributed by atoms with Crippen LogP contribution in [0.15, 0.2) is 24.3 Å². The average molecular weight is 277 g/mol. The lowest BCUT2D eigenvalue weighted by atomic mass is 10.1. The van der Waals surface area contributed by atoms with Crippen LogP contribution < -0.4 is 4.90 Å². The Morgan fingerprint density at radius 1 is 1.30 bits per heavy atom. The van der Waals surface area contributed by atoms with Crippen molar-refractivity contribution in [1.82, 2.24) is 0 Å². The minimum absolute atomic E-state index is 0.124. The monoisotopic (exact) mass is 277 g/mol. The Morgan fingerprint density at radius 3 is 2.70 bits per heavy atom. The standard InChI is InChI=1S/C15H19NO4/c1-16(14(17)13-9-5-6-10-20-13)12-8-4-3-7-11(12)15(18)19-2/h3-4,7-8,13H,5-6,9-10H2,1-2H3. The van der Waals surface area contributed by atoms with Gasteiger partial charge in [0.15, 0.2) is 0 Å². The van der Waals surface area contributed by atoms with Crippen LogP contribution in [0.25, 0.3) is 0 Å². The second-order valence-electron chi connectivity index (χ2n) is 4.76. The first kappa shape index (κ1) is 14.5. The number of para-hydroxylation sites is 1. The molecule has 1 aliphatic heterocycles. The highest BCUT2D eigenvalue weighted by Crippen LogP contribution is 2.23. The second-order valence-corrected chi connectivity index (χ2v) is 4.76. The third-order valence-electron chi connectivity index (χ3n) is 3.46. The molecular formula is C15H19NO4. The zero-order valence-corrected chi connectivity index (χ0v) is 11.8. The normalized spacial score (nSPS) is 18.4. The summed E-state index contributed by atoms with van der Waals surface area (Å²) in [5.74, 6) is -0.578. The van der Waals surface area contributed by atoms with Crippen LogP contribution >= 0.6 is 0 Å². The Bertz CT molecular complexity index is 494. The number of anilines is 1. The maximum absolute atomic E-state index is 12.4. The molecule has 0 saturated carbocycles. The van der Waals surface area contributed by atoms with Gasteiger partial charge >= 0.3 is 5.97 Å². The molecule has 1 unspecified atom stereocenters. The molecule has 1 heterocycles. The number of rotatable bonds is 3. The Hall–Kier alpha value is -1.88. The van der Waals surface area contributed by atoms with E-state index in [4.69, 9.17) is 9.47 Å². The smallest absolute Gasteiger partial charge is 0.339 e. The van der Waals surface area contributed by atoms with Gasteiger partial charge in [0, 0.05) is 13.7 Å². The number of hydrogen-bond donors (Lipinski definition) is 0. The van der Waals surface area contributed by atoms with Gasteiger partial charge in [-0.15, -0.1) is 0 Å². The van der Waals surface area contributed by atoms with Crippen LogP contribution in [0, 0.1) is 0 Å². The molecule has 1 atom stereocenters. The van der Waals surface area contributed by atoms with Crippen molar-refractivity contribution in [2.45, 2.75) is 25.4 Å². The fraction of sp³-hybridized carbons (Fsp3) is 0.467. The van der Waals surface area contributed by atoms with Crippen LogP contribution in [-0.2, 0) is 14.3 Å². The third-order valence-corrected chi connectivity index (χ3v) is 3.46. The van der Waals surface area contributed by atoms with E-state index in [2.05, 4.69) is 0 Å². The lowest BCUT2D eigenvalue weighted by molar-refractivity contribution is -0.132. The summed E-state index contributed by atoms with van der Waals surface area (Å²) < 4.78 is 10.2. The summed E-state index contributed by atoms with van der Waals surface area (Å²) in [7, 11) is 2.98. The molecule has 0 N–H and O–H groups in total. The van der Waals surface area contributed by atoms with Gasteiger partial charge in [-0.2, -0.15) is 0 Å². The average Bonchev–Trinajstić information content (AvgIpc) is 2.53. The quantitative estimate of drug-likeness (QED) is 0.793. The van der Waals surface area contributed by atoms with E-state index in [-0.39, 0.29) is 5.91 Å². The number of ether oxygens (including phenoxy) is 2. The maximum Gasteiger partial charge on any atom is 0.339 e. The van der Waals surface area contributed by atoms with E-state index >= 15 is 0 Å². The molecule has 2 rings (SSSR count). The van der Waals surface area contributed by atoms with Crippen molar-refractivity contribution in [3.8, 4) is 0 Å². The predicted octanol–water partition coefficient (Wildman–Crippen LogP) is 2.01. The van der Waals surface area contributed by atoms with Gasteiger partial charge in [0.25, 0.3) is 5.91 Å². The van der Waals surface area contributed by atoms with Crippen molar-refractivity contribution in [3.63, 3.8) is 0 Å². The zero-order chi connectivity index (χ0) is 14.5. The molecule has 1 amide bonds. The molecule has 5 heteroatoms. The highest BCUT2D eigenvalue weighted by Gasteiger charge is 2.27. The van der Waals surface area contributed by atoms with Crippen LogP contribution in [0.4, 0.5) is 5.69 Å². The highest BCUT2D eigenvalue weighted by atomic mass is 16.5.